The van der Waals surface area contributed by atoms with Crippen molar-refractivity contribution in [1.29, 1.82) is 0 Å². The van der Waals surface area contributed by atoms with E-state index in [1.807, 2.05) is 47.1 Å². The summed E-state index contributed by atoms with van der Waals surface area (Å²) in [7, 11) is 2.13. The highest BCUT2D eigenvalue weighted by Crippen LogP contribution is 2.36. The summed E-state index contributed by atoms with van der Waals surface area (Å²) in [4.78, 5) is 10.6. The molecular formula is C26H30ClN4O5PS2. The summed E-state index contributed by atoms with van der Waals surface area (Å²) in [6.45, 7) is 0.911. The Bertz CT molecular complexity index is 1560. The Morgan fingerprint density at radius 3 is 2.69 bits per heavy atom. The van der Waals surface area contributed by atoms with Gasteiger partial charge in [0.05, 0.1) is 28.9 Å². The number of aliphatic hydroxyl groups is 1. The number of carbonyl (C=O) groups is 1. The maximum absolute atomic E-state index is 13.5. The minimum Gasteiger partial charge on any atom is -0.496 e. The summed E-state index contributed by atoms with van der Waals surface area (Å²) in [5.74, 6) is 0.187. The lowest BCUT2D eigenvalue weighted by atomic mass is 10.1. The molecule has 0 aliphatic heterocycles. The summed E-state index contributed by atoms with van der Waals surface area (Å²) in [6, 6.07) is 17.0. The number of rotatable bonds is 14. The highest BCUT2D eigenvalue weighted by molar-refractivity contribution is 8.22. The molecule has 0 bridgehead atoms. The van der Waals surface area contributed by atoms with Crippen LogP contribution in [-0.2, 0) is 27.2 Å². The van der Waals surface area contributed by atoms with E-state index in [4.69, 9.17) is 26.5 Å². The average Bonchev–Trinajstić information content (AvgIpc) is 3.49. The number of thiophene rings is 1. The maximum Gasteiger partial charge on any atom is 0.303 e. The Kier molecular flexibility index (Phi) is 9.87. The Morgan fingerprint density at radius 2 is 1.97 bits per heavy atom. The number of benzene rings is 2. The van der Waals surface area contributed by atoms with Crippen LogP contribution in [-0.4, -0.2) is 43.5 Å². The predicted molar refractivity (Wildman–Crippen MR) is 158 cm³/mol. The molecule has 0 amide bonds. The largest absolute Gasteiger partial charge is 0.496 e. The lowest BCUT2D eigenvalue weighted by Crippen LogP contribution is -2.28. The predicted octanol–water partition coefficient (Wildman–Crippen LogP) is 5.59. The lowest BCUT2D eigenvalue weighted by Gasteiger charge is -2.13. The topological polar surface area (TPSA) is 126 Å². The summed E-state index contributed by atoms with van der Waals surface area (Å²) in [5, 5.41) is 27.5. The van der Waals surface area contributed by atoms with E-state index in [2.05, 4.69) is 18.1 Å². The quantitative estimate of drug-likeness (QED) is 0.0835. The van der Waals surface area contributed by atoms with Gasteiger partial charge in [-0.3, -0.25) is 19.5 Å². The number of carboxylic acid groups (broad SMARTS) is 1. The van der Waals surface area contributed by atoms with Gasteiger partial charge in [0, 0.05) is 13.0 Å². The van der Waals surface area contributed by atoms with Gasteiger partial charge in [0.2, 0.25) is 0 Å². The number of aliphatic carboxylic acids is 1. The van der Waals surface area contributed by atoms with Crippen LogP contribution in [0.1, 0.15) is 36.8 Å². The number of aromatic nitrogens is 2. The van der Waals surface area contributed by atoms with E-state index in [1.54, 1.807) is 19.2 Å². The number of hydrogen-bond donors (Lipinski definition) is 4. The van der Waals surface area contributed by atoms with Crippen molar-refractivity contribution in [3.8, 4) is 5.75 Å². The second-order valence-corrected chi connectivity index (χ2v) is 14.4. The van der Waals surface area contributed by atoms with Crippen molar-refractivity contribution in [3.63, 3.8) is 0 Å². The fraction of sp³-hybridized carbons (Fsp3) is 0.308. The van der Waals surface area contributed by atoms with Gasteiger partial charge in [-0.15, -0.1) is 11.3 Å². The van der Waals surface area contributed by atoms with Gasteiger partial charge in [0.1, 0.15) is 25.5 Å². The third kappa shape index (κ3) is 7.72. The standard InChI is InChI=1S/C26H30ClN4O5PS2/c1-36-20-9-5-8-19-25(20)26(30-39(35,37)24-13-12-21(27)38-24)29-31(19)16-18-7-4-6-17(14-18)15-28-22(32)10-2-3-11-23(33)34/h4-9,12-14,22,28,32,37H,2-3,10-11,15-16H2,1H3,(H,33,34)(H,29,30,35). The van der Waals surface area contributed by atoms with Crippen LogP contribution in [0.2, 0.25) is 4.34 Å². The monoisotopic (exact) mass is 608 g/mol. The number of ether oxygens (including phenoxy) is 1. The van der Waals surface area contributed by atoms with Crippen LogP contribution < -0.4 is 14.8 Å². The first-order valence-corrected chi connectivity index (χ1v) is 16.2. The van der Waals surface area contributed by atoms with Gasteiger partial charge < -0.3 is 14.9 Å². The van der Waals surface area contributed by atoms with Crippen molar-refractivity contribution in [3.05, 3.63) is 70.1 Å². The van der Waals surface area contributed by atoms with Crippen molar-refractivity contribution < 1.29 is 24.0 Å². The number of carboxylic acids is 1. The molecule has 0 spiro atoms. The minimum absolute atomic E-state index is 0.106. The van der Waals surface area contributed by atoms with Crippen LogP contribution in [0.5, 0.6) is 5.75 Å². The number of aliphatic hydroxyl groups excluding tert-OH is 1. The molecule has 0 fully saturated rings. The van der Waals surface area contributed by atoms with Crippen LogP contribution in [0.3, 0.4) is 0 Å². The van der Waals surface area contributed by atoms with E-state index in [0.29, 0.717) is 57.9 Å². The van der Waals surface area contributed by atoms with Gasteiger partial charge in [0.15, 0.2) is 5.82 Å². The molecule has 0 aliphatic carbocycles. The van der Waals surface area contributed by atoms with E-state index in [-0.39, 0.29) is 6.42 Å². The van der Waals surface area contributed by atoms with Gasteiger partial charge >= 0.3 is 5.97 Å². The molecule has 39 heavy (non-hydrogen) atoms. The second kappa shape index (κ2) is 13.1. The van der Waals surface area contributed by atoms with Crippen molar-refractivity contribution >= 4 is 62.9 Å². The number of methoxy groups -OCH3 is 1. The summed E-state index contributed by atoms with van der Waals surface area (Å²) >= 11 is 7.28. The highest BCUT2D eigenvalue weighted by Gasteiger charge is 2.20. The molecule has 2 atom stereocenters. The van der Waals surface area contributed by atoms with Crippen molar-refractivity contribution in [2.75, 3.05) is 11.8 Å². The number of fused-ring (bicyclic) bond motifs is 1. The molecule has 2 heterocycles. The molecule has 0 saturated carbocycles. The molecule has 2 aromatic heterocycles. The number of halogens is 1. The molecule has 4 aromatic rings. The fourth-order valence-corrected chi connectivity index (χ4v) is 7.58. The zero-order chi connectivity index (χ0) is 28.0. The van der Waals surface area contributed by atoms with Crippen molar-refractivity contribution in [2.45, 2.75) is 49.2 Å². The first-order chi connectivity index (χ1) is 18.7. The van der Waals surface area contributed by atoms with Gasteiger partial charge in [-0.05, 0) is 62.7 Å². The number of nitrogens with zero attached hydrogens (tertiary/aromatic N) is 2. The average molecular weight is 609 g/mol. The molecule has 13 heteroatoms. The van der Waals surface area contributed by atoms with E-state index < -0.39 is 21.5 Å². The maximum atomic E-state index is 13.5. The van der Waals surface area contributed by atoms with Crippen LogP contribution in [0.4, 0.5) is 5.82 Å². The van der Waals surface area contributed by atoms with E-state index in [9.17, 15) is 14.1 Å². The lowest BCUT2D eigenvalue weighted by molar-refractivity contribution is -0.137. The third-order valence-electron chi connectivity index (χ3n) is 6.02. The second-order valence-electron chi connectivity index (χ2n) is 8.93. The zero-order valence-corrected chi connectivity index (χ0v) is 24.6. The van der Waals surface area contributed by atoms with E-state index >= 15 is 0 Å². The Hall–Kier alpha value is -2.66. The molecule has 0 saturated heterocycles. The van der Waals surface area contributed by atoms with Gasteiger partial charge in [-0.2, -0.15) is 5.10 Å². The van der Waals surface area contributed by atoms with E-state index in [1.165, 1.54) is 11.3 Å². The number of nitrogens with one attached hydrogen (secondary N) is 2. The molecule has 4 N–H and O–H groups in total. The van der Waals surface area contributed by atoms with Crippen LogP contribution in [0.15, 0.2) is 58.8 Å². The molecule has 2 unspecified atom stereocenters. The third-order valence-corrected chi connectivity index (χ3v) is 10.6. The smallest absolute Gasteiger partial charge is 0.303 e. The first kappa shape index (κ1) is 29.3. The molecule has 0 aliphatic rings. The molecular weight excluding hydrogens is 579 g/mol. The molecule has 4 rings (SSSR count). The number of unbranched alkanes of at least 4 members (excludes halogenated alkanes) is 1. The molecule has 9 nitrogen and oxygen atoms in total. The number of hydrogen-bond acceptors (Lipinski definition) is 7. The zero-order valence-electron chi connectivity index (χ0n) is 21.2. The van der Waals surface area contributed by atoms with Gasteiger partial charge in [0.25, 0.3) is 0 Å². The normalized spacial score (nSPS) is 13.7. The van der Waals surface area contributed by atoms with E-state index in [0.717, 1.165) is 16.6 Å². The summed E-state index contributed by atoms with van der Waals surface area (Å²) in [5.41, 5.74) is 2.79. The minimum atomic E-state index is -2.86. The van der Waals surface area contributed by atoms with Crippen molar-refractivity contribution in [1.82, 2.24) is 15.1 Å². The SMILES string of the molecule is COc1cccc2c1c(NS(=O)(=P)c1ccc(Cl)s1)nn2Cc1cccc(CNC(O)CCCCC(=O)O)c1. The Labute approximate surface area is 238 Å². The first-order valence-electron chi connectivity index (χ1n) is 12.2. The van der Waals surface area contributed by atoms with Crippen LogP contribution >= 0.6 is 31.0 Å². The highest BCUT2D eigenvalue weighted by atomic mass is 35.5. The summed E-state index contributed by atoms with van der Waals surface area (Å²) in [6.07, 6.45) is 1.05. The summed E-state index contributed by atoms with van der Waals surface area (Å²) < 4.78 is 25.0. The molecule has 0 radical (unpaired) electrons. The number of anilines is 1. The fourth-order valence-electron chi connectivity index (χ4n) is 4.16. The van der Waals surface area contributed by atoms with Gasteiger partial charge in [-0.25, -0.2) is 4.21 Å². The molecule has 2 aromatic carbocycles. The Morgan fingerprint density at radius 1 is 1.21 bits per heavy atom. The van der Waals surface area contributed by atoms with Crippen LogP contribution in [0, 0.1) is 0 Å². The van der Waals surface area contributed by atoms with Gasteiger partial charge in [-0.1, -0.05) is 41.9 Å². The van der Waals surface area contributed by atoms with Crippen LogP contribution in [0.25, 0.3) is 10.9 Å². The Balaban J connectivity index is 1.51. The van der Waals surface area contributed by atoms with Crippen molar-refractivity contribution in [2.24, 2.45) is 0 Å². The molecule has 208 valence electrons.